The molecule has 1 aliphatic heterocycles. The first-order valence-corrected chi connectivity index (χ1v) is 11.3. The van der Waals surface area contributed by atoms with Gasteiger partial charge in [0.25, 0.3) is 5.91 Å². The lowest BCUT2D eigenvalue weighted by molar-refractivity contribution is -0.128. The molecule has 2 atom stereocenters. The molecule has 0 spiro atoms. The lowest BCUT2D eigenvalue weighted by Crippen LogP contribution is -2.40. The van der Waals surface area contributed by atoms with Crippen molar-refractivity contribution in [1.82, 2.24) is 5.32 Å². The van der Waals surface area contributed by atoms with Crippen LogP contribution in [0.15, 0.2) is 48.5 Å². The number of hydrogen-bond donors (Lipinski definition) is 1. The average molecular weight is 403 g/mol. The highest BCUT2D eigenvalue weighted by molar-refractivity contribution is 7.92. The second-order valence-electron chi connectivity index (χ2n) is 7.02. The standard InChI is InChI=1S/C21H26N2O4S/c1-4-16-9-11-17(12-10-16)15(2)22-21(24)20-13-14-23(28(3,25)26)18-7-5-6-8-19(18)27-20/h5-12,15,20H,4,13-14H2,1-3H3,(H,22,24). The van der Waals surface area contributed by atoms with Crippen LogP contribution in [0.5, 0.6) is 5.75 Å². The van der Waals surface area contributed by atoms with Crippen LogP contribution in [0, 0.1) is 0 Å². The van der Waals surface area contributed by atoms with Crippen LogP contribution in [-0.2, 0) is 21.2 Å². The number of nitrogens with zero attached hydrogens (tertiary/aromatic N) is 1. The third-order valence-corrected chi connectivity index (χ3v) is 6.12. The topological polar surface area (TPSA) is 75.7 Å². The highest BCUT2D eigenvalue weighted by Crippen LogP contribution is 2.34. The Morgan fingerprint density at radius 2 is 1.89 bits per heavy atom. The molecule has 2 aromatic rings. The molecule has 28 heavy (non-hydrogen) atoms. The van der Waals surface area contributed by atoms with Gasteiger partial charge < -0.3 is 10.1 Å². The molecule has 1 N–H and O–H groups in total. The SMILES string of the molecule is CCc1ccc(C(C)NC(=O)C2CCN(S(C)(=O)=O)c3ccccc3O2)cc1. The molecule has 6 nitrogen and oxygen atoms in total. The van der Waals surface area contributed by atoms with E-state index in [2.05, 4.69) is 24.4 Å². The second kappa shape index (κ2) is 8.22. The number of aryl methyl sites for hydroxylation is 1. The first-order chi connectivity index (χ1) is 13.3. The van der Waals surface area contributed by atoms with Crippen molar-refractivity contribution in [1.29, 1.82) is 0 Å². The van der Waals surface area contributed by atoms with E-state index in [1.54, 1.807) is 24.3 Å². The van der Waals surface area contributed by atoms with Crippen molar-refractivity contribution in [3.63, 3.8) is 0 Å². The number of hydrogen-bond acceptors (Lipinski definition) is 4. The van der Waals surface area contributed by atoms with E-state index >= 15 is 0 Å². The molecule has 7 heteroatoms. The molecule has 0 aromatic heterocycles. The monoisotopic (exact) mass is 402 g/mol. The van der Waals surface area contributed by atoms with E-state index < -0.39 is 16.1 Å². The third kappa shape index (κ3) is 4.47. The lowest BCUT2D eigenvalue weighted by atomic mass is 10.0. The first-order valence-electron chi connectivity index (χ1n) is 9.42. The summed E-state index contributed by atoms with van der Waals surface area (Å²) < 4.78 is 31.5. The second-order valence-corrected chi connectivity index (χ2v) is 8.93. The zero-order valence-corrected chi connectivity index (χ0v) is 17.2. The quantitative estimate of drug-likeness (QED) is 0.834. The molecule has 0 saturated heterocycles. The molecule has 0 fully saturated rings. The predicted molar refractivity (Wildman–Crippen MR) is 110 cm³/mol. The summed E-state index contributed by atoms with van der Waals surface area (Å²) >= 11 is 0. The van der Waals surface area contributed by atoms with E-state index in [1.807, 2.05) is 19.1 Å². The summed E-state index contributed by atoms with van der Waals surface area (Å²) in [4.78, 5) is 12.8. The van der Waals surface area contributed by atoms with Gasteiger partial charge >= 0.3 is 0 Å². The Morgan fingerprint density at radius 3 is 2.54 bits per heavy atom. The summed E-state index contributed by atoms with van der Waals surface area (Å²) in [7, 11) is -3.46. The van der Waals surface area contributed by atoms with Crippen molar-refractivity contribution in [3.8, 4) is 5.75 Å². The molecule has 0 radical (unpaired) electrons. The number of amides is 1. The third-order valence-electron chi connectivity index (χ3n) is 4.94. The van der Waals surface area contributed by atoms with Gasteiger partial charge in [-0.2, -0.15) is 0 Å². The van der Waals surface area contributed by atoms with E-state index in [-0.39, 0.29) is 24.9 Å². The van der Waals surface area contributed by atoms with Gasteiger partial charge in [0.15, 0.2) is 6.10 Å². The van der Waals surface area contributed by atoms with Gasteiger partial charge in [0.2, 0.25) is 10.0 Å². The van der Waals surface area contributed by atoms with E-state index in [9.17, 15) is 13.2 Å². The molecule has 1 amide bonds. The van der Waals surface area contributed by atoms with Crippen molar-refractivity contribution in [2.75, 3.05) is 17.1 Å². The Kier molecular flexibility index (Phi) is 5.93. The number of anilines is 1. The van der Waals surface area contributed by atoms with Crippen molar-refractivity contribution in [2.24, 2.45) is 0 Å². The van der Waals surface area contributed by atoms with Crippen LogP contribution >= 0.6 is 0 Å². The molecular weight excluding hydrogens is 376 g/mol. The number of para-hydroxylation sites is 2. The number of sulfonamides is 1. The Labute approximate surface area is 166 Å². The fourth-order valence-electron chi connectivity index (χ4n) is 3.29. The lowest BCUT2D eigenvalue weighted by Gasteiger charge is -2.20. The summed E-state index contributed by atoms with van der Waals surface area (Å²) in [6, 6.07) is 14.9. The van der Waals surface area contributed by atoms with Crippen LogP contribution in [-0.4, -0.2) is 33.2 Å². The molecule has 1 heterocycles. The fraction of sp³-hybridized carbons (Fsp3) is 0.381. The van der Waals surface area contributed by atoms with Gasteiger partial charge in [-0.1, -0.05) is 43.3 Å². The highest BCUT2D eigenvalue weighted by atomic mass is 32.2. The zero-order chi connectivity index (χ0) is 20.3. The highest BCUT2D eigenvalue weighted by Gasteiger charge is 2.31. The summed E-state index contributed by atoms with van der Waals surface area (Å²) in [5.74, 6) is 0.141. The zero-order valence-electron chi connectivity index (χ0n) is 16.4. The number of ether oxygens (including phenoxy) is 1. The molecule has 150 valence electrons. The van der Waals surface area contributed by atoms with Gasteiger partial charge in [0.05, 0.1) is 18.0 Å². The molecule has 0 aliphatic carbocycles. The molecular formula is C21H26N2O4S. The Balaban J connectivity index is 1.76. The van der Waals surface area contributed by atoms with E-state index in [1.165, 1.54) is 9.87 Å². The van der Waals surface area contributed by atoms with Crippen LogP contribution < -0.4 is 14.4 Å². The van der Waals surface area contributed by atoms with E-state index in [4.69, 9.17) is 4.74 Å². The molecule has 3 rings (SSSR count). The number of carbonyl (C=O) groups excluding carboxylic acids is 1. The average Bonchev–Trinajstić information content (AvgIpc) is 2.87. The van der Waals surface area contributed by atoms with Crippen LogP contribution in [0.3, 0.4) is 0 Å². The van der Waals surface area contributed by atoms with Gasteiger partial charge in [-0.3, -0.25) is 9.10 Å². The van der Waals surface area contributed by atoms with Crippen LogP contribution in [0.2, 0.25) is 0 Å². The summed E-state index contributed by atoms with van der Waals surface area (Å²) in [6.07, 6.45) is 1.64. The van der Waals surface area contributed by atoms with Gasteiger partial charge in [-0.15, -0.1) is 0 Å². The summed E-state index contributed by atoms with van der Waals surface area (Å²) in [5, 5.41) is 2.98. The predicted octanol–water partition coefficient (Wildman–Crippen LogP) is 3.04. The minimum atomic E-state index is -3.46. The van der Waals surface area contributed by atoms with Crippen molar-refractivity contribution in [2.45, 2.75) is 38.8 Å². The molecule has 2 unspecified atom stereocenters. The van der Waals surface area contributed by atoms with Crippen molar-refractivity contribution in [3.05, 3.63) is 59.7 Å². The molecule has 2 aromatic carbocycles. The molecule has 0 saturated carbocycles. The summed E-state index contributed by atoms with van der Waals surface area (Å²) in [5.41, 5.74) is 2.72. The van der Waals surface area contributed by atoms with E-state index in [0.29, 0.717) is 11.4 Å². The number of nitrogens with one attached hydrogen (secondary N) is 1. The van der Waals surface area contributed by atoms with Gasteiger partial charge in [0, 0.05) is 13.0 Å². The largest absolute Gasteiger partial charge is 0.478 e. The van der Waals surface area contributed by atoms with Crippen LogP contribution in [0.1, 0.15) is 37.4 Å². The number of fused-ring (bicyclic) bond motifs is 1. The van der Waals surface area contributed by atoms with Gasteiger partial charge in [-0.05, 0) is 36.6 Å². The maximum Gasteiger partial charge on any atom is 0.261 e. The van der Waals surface area contributed by atoms with Crippen LogP contribution in [0.4, 0.5) is 5.69 Å². The minimum Gasteiger partial charge on any atom is -0.478 e. The maximum atomic E-state index is 12.8. The minimum absolute atomic E-state index is 0.175. The Bertz CT molecular complexity index is 941. The number of benzene rings is 2. The van der Waals surface area contributed by atoms with Crippen molar-refractivity contribution < 1.29 is 17.9 Å². The van der Waals surface area contributed by atoms with Gasteiger partial charge in [-0.25, -0.2) is 8.42 Å². The number of rotatable bonds is 5. The Morgan fingerprint density at radius 1 is 1.21 bits per heavy atom. The fourth-order valence-corrected chi connectivity index (χ4v) is 4.24. The Hall–Kier alpha value is -2.54. The maximum absolute atomic E-state index is 12.8. The molecule has 1 aliphatic rings. The summed E-state index contributed by atoms with van der Waals surface area (Å²) in [6.45, 7) is 4.21. The van der Waals surface area contributed by atoms with Crippen molar-refractivity contribution >= 4 is 21.6 Å². The first kappa shape index (κ1) is 20.2. The van der Waals surface area contributed by atoms with Crippen LogP contribution in [0.25, 0.3) is 0 Å². The normalized spacial score (nSPS) is 17.8. The number of carbonyl (C=O) groups is 1. The van der Waals surface area contributed by atoms with E-state index in [0.717, 1.165) is 18.2 Å². The van der Waals surface area contributed by atoms with Gasteiger partial charge in [0.1, 0.15) is 5.75 Å². The molecule has 0 bridgehead atoms. The smallest absolute Gasteiger partial charge is 0.261 e.